The first-order valence-corrected chi connectivity index (χ1v) is 11.2. The Morgan fingerprint density at radius 2 is 2.14 bits per heavy atom. The van der Waals surface area contributed by atoms with Gasteiger partial charge in [0, 0.05) is 11.8 Å². The summed E-state index contributed by atoms with van der Waals surface area (Å²) in [6.45, 7) is -0.631. The number of rotatable bonds is 9. The third-order valence-corrected chi connectivity index (χ3v) is 6.14. The van der Waals surface area contributed by atoms with Crippen LogP contribution in [0.25, 0.3) is 0 Å². The van der Waals surface area contributed by atoms with E-state index in [2.05, 4.69) is 21.2 Å². The van der Waals surface area contributed by atoms with Crippen LogP contribution < -0.4 is 4.74 Å². The molecule has 0 saturated heterocycles. The van der Waals surface area contributed by atoms with Crippen molar-refractivity contribution in [1.29, 1.82) is 0 Å². The highest BCUT2D eigenvalue weighted by molar-refractivity contribution is 7.12. The number of carbonyl (C=O) groups excluding carboxylic acids is 1. The molecule has 0 fully saturated rings. The Kier molecular flexibility index (Phi) is 7.37. The number of terminal acetylenes is 1. The predicted octanol–water partition coefficient (Wildman–Crippen LogP) is 5.63. The Balaban J connectivity index is 1.48. The number of hydrogen-bond acceptors (Lipinski definition) is 7. The van der Waals surface area contributed by atoms with Crippen LogP contribution >= 0.6 is 22.9 Å². The monoisotopic (exact) mass is 526 g/mol. The Morgan fingerprint density at radius 3 is 2.86 bits per heavy atom. The Labute approximate surface area is 205 Å². The average molecular weight is 527 g/mol. The fourth-order valence-electron chi connectivity index (χ4n) is 3.36. The molecule has 3 aromatic rings. The lowest BCUT2D eigenvalue weighted by Gasteiger charge is -2.15. The minimum atomic E-state index is -3.07. The van der Waals surface area contributed by atoms with E-state index in [-0.39, 0.29) is 18.0 Å². The molecule has 0 saturated carbocycles. The summed E-state index contributed by atoms with van der Waals surface area (Å²) in [7, 11) is 0. The van der Waals surface area contributed by atoms with Gasteiger partial charge in [0.25, 0.3) is 12.9 Å². The lowest BCUT2D eigenvalue weighted by molar-refractivity contribution is 0.0834. The van der Waals surface area contributed by atoms with Crippen molar-refractivity contribution in [2.45, 2.75) is 31.9 Å². The largest absolute Gasteiger partial charge is 0.480 e. The molecule has 1 aromatic carbocycles. The molecule has 3 heterocycles. The van der Waals surface area contributed by atoms with Gasteiger partial charge in [0.1, 0.15) is 36.0 Å². The number of hydrogen-bond donors (Lipinski definition) is 0. The molecular formula is C22H15ClF4N4O3S. The lowest BCUT2D eigenvalue weighted by Crippen LogP contribution is -2.15. The van der Waals surface area contributed by atoms with Crippen LogP contribution in [0.4, 0.5) is 17.6 Å². The van der Waals surface area contributed by atoms with Crippen LogP contribution in [0.2, 0.25) is 5.02 Å². The highest BCUT2D eigenvalue weighted by Gasteiger charge is 2.30. The summed E-state index contributed by atoms with van der Waals surface area (Å²) >= 11 is 7.29. The van der Waals surface area contributed by atoms with Crippen LogP contribution in [0.1, 0.15) is 57.8 Å². The second-order valence-electron chi connectivity index (χ2n) is 7.19. The number of ketones is 1. The van der Waals surface area contributed by atoms with Crippen LogP contribution in [-0.4, -0.2) is 32.9 Å². The summed E-state index contributed by atoms with van der Waals surface area (Å²) in [5, 5.41) is 9.40. The fourth-order valence-corrected chi connectivity index (χ4v) is 4.40. The van der Waals surface area contributed by atoms with Gasteiger partial charge in [0.2, 0.25) is 5.78 Å². The van der Waals surface area contributed by atoms with Crippen molar-refractivity contribution in [3.8, 4) is 18.1 Å². The molecule has 7 nitrogen and oxygen atoms in total. The van der Waals surface area contributed by atoms with E-state index in [9.17, 15) is 22.4 Å². The Hall–Kier alpha value is -3.43. The van der Waals surface area contributed by atoms with Gasteiger partial charge in [-0.1, -0.05) is 28.7 Å². The molecule has 0 bridgehead atoms. The molecule has 1 atom stereocenters. The van der Waals surface area contributed by atoms with Gasteiger partial charge in [-0.15, -0.1) is 17.8 Å². The number of ether oxygens (including phenoxy) is 1. The molecule has 0 aliphatic carbocycles. The second-order valence-corrected chi connectivity index (χ2v) is 8.46. The van der Waals surface area contributed by atoms with Gasteiger partial charge in [-0.25, -0.2) is 22.5 Å². The maximum absolute atomic E-state index is 13.2. The van der Waals surface area contributed by atoms with Crippen molar-refractivity contribution in [1.82, 2.24) is 14.8 Å². The fraction of sp³-hybridized carbons (Fsp3) is 0.273. The Morgan fingerprint density at radius 1 is 1.34 bits per heavy atom. The first kappa shape index (κ1) is 24.7. The highest BCUT2D eigenvalue weighted by Crippen LogP contribution is 2.39. The topological polar surface area (TPSA) is 78.6 Å². The number of thiazole rings is 1. The summed E-state index contributed by atoms with van der Waals surface area (Å²) in [5.74, 6) is 2.15. The molecule has 13 heteroatoms. The van der Waals surface area contributed by atoms with Crippen LogP contribution in [0.15, 0.2) is 34.8 Å². The van der Waals surface area contributed by atoms with Gasteiger partial charge in [0.15, 0.2) is 11.1 Å². The van der Waals surface area contributed by atoms with Gasteiger partial charge in [-0.05, 0) is 18.2 Å². The first-order chi connectivity index (χ1) is 16.8. The van der Waals surface area contributed by atoms with E-state index in [1.54, 1.807) is 23.6 Å². The number of oxime groups is 1. The van der Waals surface area contributed by atoms with Crippen LogP contribution in [0.3, 0.4) is 0 Å². The molecule has 1 aliphatic rings. The average Bonchev–Trinajstić information content (AvgIpc) is 3.56. The summed E-state index contributed by atoms with van der Waals surface area (Å²) in [5.41, 5.74) is -0.268. The maximum atomic E-state index is 13.2. The summed E-state index contributed by atoms with van der Waals surface area (Å²) in [6.07, 6.45) is -1.18. The molecule has 35 heavy (non-hydrogen) atoms. The van der Waals surface area contributed by atoms with Gasteiger partial charge < -0.3 is 9.57 Å². The number of aromatic nitrogens is 3. The third-order valence-electron chi connectivity index (χ3n) is 4.92. The van der Waals surface area contributed by atoms with E-state index in [1.165, 1.54) is 0 Å². The van der Waals surface area contributed by atoms with Crippen molar-refractivity contribution in [3.05, 3.63) is 62.3 Å². The zero-order chi connectivity index (χ0) is 25.1. The summed E-state index contributed by atoms with van der Waals surface area (Å²) < 4.78 is 58.2. The molecule has 0 N–H and O–H groups in total. The van der Waals surface area contributed by atoms with E-state index in [0.29, 0.717) is 38.5 Å². The number of alkyl halides is 4. The molecule has 182 valence electrons. The quantitative estimate of drug-likeness (QED) is 0.205. The number of halogens is 5. The molecule has 2 aromatic heterocycles. The van der Waals surface area contributed by atoms with Crippen molar-refractivity contribution >= 4 is 34.4 Å². The number of nitrogens with zero attached hydrogens (tertiary/aromatic N) is 4. The smallest absolute Gasteiger partial charge is 0.282 e. The molecule has 0 spiro atoms. The molecule has 1 unspecified atom stereocenters. The SMILES string of the molecule is C#CCOc1cccc(Cl)c1C1CC(c2csc(C(=O)Cn3nc(C(F)F)cc3C(F)F)n2)=NO1. The van der Waals surface area contributed by atoms with Gasteiger partial charge in [-0.2, -0.15) is 5.10 Å². The third kappa shape index (κ3) is 5.31. The lowest BCUT2D eigenvalue weighted by atomic mass is 10.0. The van der Waals surface area contributed by atoms with E-state index in [4.69, 9.17) is 27.6 Å². The summed E-state index contributed by atoms with van der Waals surface area (Å²) in [4.78, 5) is 22.3. The minimum absolute atomic E-state index is 0.0174. The highest BCUT2D eigenvalue weighted by atomic mass is 35.5. The first-order valence-electron chi connectivity index (χ1n) is 9.98. The predicted molar refractivity (Wildman–Crippen MR) is 119 cm³/mol. The molecule has 0 radical (unpaired) electrons. The Bertz CT molecular complexity index is 1320. The summed E-state index contributed by atoms with van der Waals surface area (Å²) in [6, 6.07) is 5.65. The number of carbonyl (C=O) groups is 1. The molecular weight excluding hydrogens is 512 g/mol. The van der Waals surface area contributed by atoms with E-state index >= 15 is 0 Å². The van der Waals surface area contributed by atoms with Gasteiger partial charge in [-0.3, -0.25) is 9.48 Å². The minimum Gasteiger partial charge on any atom is -0.480 e. The van der Waals surface area contributed by atoms with Crippen molar-refractivity contribution in [2.24, 2.45) is 5.16 Å². The molecule has 1 aliphatic heterocycles. The van der Waals surface area contributed by atoms with Crippen molar-refractivity contribution in [3.63, 3.8) is 0 Å². The van der Waals surface area contributed by atoms with Crippen LogP contribution in [0.5, 0.6) is 5.75 Å². The van der Waals surface area contributed by atoms with E-state index in [0.717, 1.165) is 11.3 Å². The normalized spacial score (nSPS) is 15.3. The van der Waals surface area contributed by atoms with Gasteiger partial charge >= 0.3 is 0 Å². The zero-order valence-electron chi connectivity index (χ0n) is 17.6. The number of Topliss-reactive ketones (excluding diaryl/α,β-unsaturated/α-hetero) is 1. The number of benzene rings is 1. The van der Waals surface area contributed by atoms with Crippen molar-refractivity contribution < 1.29 is 31.9 Å². The van der Waals surface area contributed by atoms with E-state index in [1.807, 2.05) is 0 Å². The van der Waals surface area contributed by atoms with Gasteiger partial charge in [0.05, 0.1) is 16.3 Å². The molecule has 0 amide bonds. The zero-order valence-corrected chi connectivity index (χ0v) is 19.2. The van der Waals surface area contributed by atoms with E-state index < -0.39 is 42.7 Å². The van der Waals surface area contributed by atoms with Crippen LogP contribution in [-0.2, 0) is 11.4 Å². The maximum Gasteiger partial charge on any atom is 0.282 e. The van der Waals surface area contributed by atoms with Crippen molar-refractivity contribution in [2.75, 3.05) is 6.61 Å². The molecule has 4 rings (SSSR count). The van der Waals surface area contributed by atoms with Crippen LogP contribution in [0, 0.1) is 12.3 Å². The second kappa shape index (κ2) is 10.5. The standard InChI is InChI=1S/C22H15ClF4N4O3S/c1-2-6-33-17-5-3-4-11(23)19(17)18-8-12(30-34-18)14-10-35-22(28-14)16(32)9-31-15(21(26)27)7-13(29-31)20(24)25/h1,3-5,7,10,18,20-21H,6,8-9H2.